The minimum absolute atomic E-state index is 0.0516. The summed E-state index contributed by atoms with van der Waals surface area (Å²) >= 11 is 0. The minimum Gasteiger partial charge on any atom is -0.375 e. The van der Waals surface area contributed by atoms with Gasteiger partial charge in [0.2, 0.25) is 0 Å². The van der Waals surface area contributed by atoms with Gasteiger partial charge in [-0.2, -0.15) is 0 Å². The van der Waals surface area contributed by atoms with E-state index in [4.69, 9.17) is 4.74 Å². The second-order valence-electron chi connectivity index (χ2n) is 7.24. The van der Waals surface area contributed by atoms with Crippen molar-refractivity contribution in [2.75, 3.05) is 6.61 Å². The van der Waals surface area contributed by atoms with E-state index in [-0.39, 0.29) is 5.60 Å². The molecular formula is C18H27NO. The Bertz CT molecular complexity index is 445. The summed E-state index contributed by atoms with van der Waals surface area (Å²) in [7, 11) is 0. The summed E-state index contributed by atoms with van der Waals surface area (Å²) in [5.41, 5.74) is 2.92. The monoisotopic (exact) mass is 273 g/mol. The molecule has 2 fully saturated rings. The molecule has 1 aromatic carbocycles. The summed E-state index contributed by atoms with van der Waals surface area (Å²) in [6.07, 6.45) is 4.88. The maximum Gasteiger partial charge on any atom is 0.0641 e. The molecule has 3 rings (SSSR count). The Morgan fingerprint density at radius 2 is 1.80 bits per heavy atom. The van der Waals surface area contributed by atoms with E-state index in [0.717, 1.165) is 25.4 Å². The van der Waals surface area contributed by atoms with E-state index in [1.165, 1.54) is 24.0 Å². The third-order valence-corrected chi connectivity index (χ3v) is 4.86. The van der Waals surface area contributed by atoms with E-state index in [2.05, 4.69) is 50.4 Å². The Morgan fingerprint density at radius 3 is 2.45 bits per heavy atom. The summed E-state index contributed by atoms with van der Waals surface area (Å²) in [6, 6.07) is 10.4. The maximum atomic E-state index is 5.79. The average molecular weight is 273 g/mol. The summed E-state index contributed by atoms with van der Waals surface area (Å²) in [5.74, 6) is 0.765. The van der Waals surface area contributed by atoms with Gasteiger partial charge in [-0.15, -0.1) is 0 Å². The molecule has 1 aliphatic heterocycles. The summed E-state index contributed by atoms with van der Waals surface area (Å²) in [6.45, 7) is 7.47. The van der Waals surface area contributed by atoms with Crippen molar-refractivity contribution in [3.63, 3.8) is 0 Å². The summed E-state index contributed by atoms with van der Waals surface area (Å²) < 4.78 is 5.79. The van der Waals surface area contributed by atoms with Crippen LogP contribution in [0.5, 0.6) is 0 Å². The molecule has 1 atom stereocenters. The fraction of sp³-hybridized carbons (Fsp3) is 0.667. The lowest BCUT2D eigenvalue weighted by Crippen LogP contribution is -2.50. The molecule has 2 nitrogen and oxygen atoms in total. The van der Waals surface area contributed by atoms with Crippen LogP contribution < -0.4 is 5.32 Å². The number of hydrogen-bond donors (Lipinski definition) is 1. The van der Waals surface area contributed by atoms with Crippen LogP contribution in [0.15, 0.2) is 24.3 Å². The van der Waals surface area contributed by atoms with Gasteiger partial charge in [0, 0.05) is 18.7 Å². The largest absolute Gasteiger partial charge is 0.375 e. The normalized spacial score (nSPS) is 32.6. The van der Waals surface area contributed by atoms with Crippen LogP contribution in [0.1, 0.15) is 56.6 Å². The third kappa shape index (κ3) is 3.24. The molecule has 1 saturated carbocycles. The Hall–Kier alpha value is -0.860. The number of rotatable bonds is 3. The van der Waals surface area contributed by atoms with Gasteiger partial charge in [-0.05, 0) is 57.9 Å². The number of nitrogens with one attached hydrogen (secondary N) is 1. The molecule has 2 aliphatic rings. The highest BCUT2D eigenvalue weighted by molar-refractivity contribution is 5.26. The van der Waals surface area contributed by atoms with Crippen molar-refractivity contribution < 1.29 is 4.74 Å². The van der Waals surface area contributed by atoms with Gasteiger partial charge in [-0.3, -0.25) is 0 Å². The Kier molecular flexibility index (Phi) is 3.87. The SMILES string of the molecule is Cc1ccc(C2CC(NC3CCOC(C)(C)C3)C2)cc1. The average Bonchev–Trinajstić information content (AvgIpc) is 2.34. The zero-order chi connectivity index (χ0) is 14.2. The van der Waals surface area contributed by atoms with Gasteiger partial charge in [-0.1, -0.05) is 29.8 Å². The van der Waals surface area contributed by atoms with Crippen LogP contribution in [0.25, 0.3) is 0 Å². The highest BCUT2D eigenvalue weighted by Gasteiger charge is 2.35. The van der Waals surface area contributed by atoms with E-state index in [0.29, 0.717) is 12.1 Å². The predicted octanol–water partition coefficient (Wildman–Crippen LogP) is 3.79. The van der Waals surface area contributed by atoms with Crippen molar-refractivity contribution in [2.24, 2.45) is 0 Å². The lowest BCUT2D eigenvalue weighted by Gasteiger charge is -2.42. The topological polar surface area (TPSA) is 21.3 Å². The Labute approximate surface area is 122 Å². The van der Waals surface area contributed by atoms with Crippen LogP contribution in [0.3, 0.4) is 0 Å². The molecule has 1 heterocycles. The molecule has 0 aromatic heterocycles. The lowest BCUT2D eigenvalue weighted by molar-refractivity contribution is -0.0655. The fourth-order valence-electron chi connectivity index (χ4n) is 3.57. The number of ether oxygens (including phenoxy) is 1. The molecule has 2 heteroatoms. The van der Waals surface area contributed by atoms with Crippen molar-refractivity contribution in [1.29, 1.82) is 0 Å². The highest BCUT2D eigenvalue weighted by Crippen LogP contribution is 2.38. The number of hydrogen-bond acceptors (Lipinski definition) is 2. The standard InChI is InChI=1S/C18H27NO/c1-13-4-6-14(7-5-13)15-10-17(11-15)19-16-8-9-20-18(2,3)12-16/h4-7,15-17,19H,8-12H2,1-3H3. The van der Waals surface area contributed by atoms with Crippen molar-refractivity contribution in [3.8, 4) is 0 Å². The van der Waals surface area contributed by atoms with Crippen LogP contribution in [0.2, 0.25) is 0 Å². The van der Waals surface area contributed by atoms with Gasteiger partial charge in [0.05, 0.1) is 5.60 Å². The van der Waals surface area contributed by atoms with E-state index in [9.17, 15) is 0 Å². The molecule has 1 aliphatic carbocycles. The number of aryl methyl sites for hydroxylation is 1. The smallest absolute Gasteiger partial charge is 0.0641 e. The van der Waals surface area contributed by atoms with Gasteiger partial charge in [0.15, 0.2) is 0 Å². The van der Waals surface area contributed by atoms with Gasteiger partial charge < -0.3 is 10.1 Å². The van der Waals surface area contributed by atoms with Crippen molar-refractivity contribution in [2.45, 2.75) is 70.1 Å². The lowest BCUT2D eigenvalue weighted by atomic mass is 9.75. The van der Waals surface area contributed by atoms with Gasteiger partial charge in [0.1, 0.15) is 0 Å². The van der Waals surface area contributed by atoms with Crippen molar-refractivity contribution in [1.82, 2.24) is 5.32 Å². The zero-order valence-corrected chi connectivity index (χ0v) is 13.0. The van der Waals surface area contributed by atoms with Crippen LogP contribution in [-0.4, -0.2) is 24.3 Å². The third-order valence-electron chi connectivity index (χ3n) is 4.86. The summed E-state index contributed by atoms with van der Waals surface area (Å²) in [4.78, 5) is 0. The zero-order valence-electron chi connectivity index (χ0n) is 13.0. The second-order valence-corrected chi connectivity index (χ2v) is 7.24. The van der Waals surface area contributed by atoms with E-state index >= 15 is 0 Å². The first kappa shape index (κ1) is 14.1. The number of benzene rings is 1. The molecule has 110 valence electrons. The summed E-state index contributed by atoms with van der Waals surface area (Å²) in [5, 5.41) is 3.84. The van der Waals surface area contributed by atoms with Gasteiger partial charge in [0.25, 0.3) is 0 Å². The van der Waals surface area contributed by atoms with Gasteiger partial charge in [-0.25, -0.2) is 0 Å². The first-order chi connectivity index (χ1) is 9.52. The Balaban J connectivity index is 1.47. The predicted molar refractivity (Wildman–Crippen MR) is 83.1 cm³/mol. The molecule has 1 unspecified atom stereocenters. The molecule has 0 spiro atoms. The Morgan fingerprint density at radius 1 is 1.10 bits per heavy atom. The maximum absolute atomic E-state index is 5.79. The quantitative estimate of drug-likeness (QED) is 0.904. The van der Waals surface area contributed by atoms with Crippen LogP contribution in [-0.2, 0) is 4.74 Å². The fourth-order valence-corrected chi connectivity index (χ4v) is 3.57. The molecule has 0 radical (unpaired) electrons. The van der Waals surface area contributed by atoms with E-state index in [1.807, 2.05) is 0 Å². The van der Waals surface area contributed by atoms with Crippen molar-refractivity contribution >= 4 is 0 Å². The van der Waals surface area contributed by atoms with E-state index < -0.39 is 0 Å². The molecule has 0 bridgehead atoms. The van der Waals surface area contributed by atoms with E-state index in [1.54, 1.807) is 0 Å². The van der Waals surface area contributed by atoms with Gasteiger partial charge >= 0.3 is 0 Å². The van der Waals surface area contributed by atoms with Crippen LogP contribution >= 0.6 is 0 Å². The molecule has 1 saturated heterocycles. The first-order valence-electron chi connectivity index (χ1n) is 7.98. The first-order valence-corrected chi connectivity index (χ1v) is 7.98. The molecular weight excluding hydrogens is 246 g/mol. The molecule has 20 heavy (non-hydrogen) atoms. The van der Waals surface area contributed by atoms with Crippen molar-refractivity contribution in [3.05, 3.63) is 35.4 Å². The highest BCUT2D eigenvalue weighted by atomic mass is 16.5. The minimum atomic E-state index is 0.0516. The molecule has 0 amide bonds. The van der Waals surface area contributed by atoms with Crippen LogP contribution in [0, 0.1) is 6.92 Å². The molecule has 1 N–H and O–H groups in total. The second kappa shape index (κ2) is 5.50. The van der Waals surface area contributed by atoms with Crippen LogP contribution in [0.4, 0.5) is 0 Å². The molecule has 1 aromatic rings.